The average molecular weight is 216 g/mol. The van der Waals surface area contributed by atoms with Gasteiger partial charge in [-0.25, -0.2) is 8.78 Å². The van der Waals surface area contributed by atoms with Gasteiger partial charge in [0.25, 0.3) is 5.92 Å². The second-order valence-electron chi connectivity index (χ2n) is 3.08. The van der Waals surface area contributed by atoms with Gasteiger partial charge in [0, 0.05) is 6.42 Å². The third kappa shape index (κ3) is 2.27. The van der Waals surface area contributed by atoms with Crippen LogP contribution in [0.15, 0.2) is 0 Å². The predicted octanol–water partition coefficient (Wildman–Crippen LogP) is 1.73. The van der Waals surface area contributed by atoms with Crippen LogP contribution in [0.4, 0.5) is 22.0 Å². The van der Waals surface area contributed by atoms with Crippen molar-refractivity contribution in [2.75, 3.05) is 0 Å². The van der Waals surface area contributed by atoms with Crippen LogP contribution in [0.5, 0.6) is 0 Å². The summed E-state index contributed by atoms with van der Waals surface area (Å²) in [5.41, 5.74) is 0. The first-order valence-corrected chi connectivity index (χ1v) is 3.65. The zero-order valence-corrected chi connectivity index (χ0v) is 6.70. The normalized spacial score (nSPS) is 24.5. The van der Waals surface area contributed by atoms with Crippen molar-refractivity contribution in [3.63, 3.8) is 0 Å². The first kappa shape index (κ1) is 11.1. The van der Waals surface area contributed by atoms with Crippen LogP contribution in [0, 0.1) is 5.92 Å². The van der Waals surface area contributed by atoms with E-state index in [-0.39, 0.29) is 0 Å². The van der Waals surface area contributed by atoms with Crippen LogP contribution in [0.1, 0.15) is 12.8 Å². The molecule has 0 aliphatic heterocycles. The number of halogens is 5. The molecule has 1 saturated carbocycles. The Morgan fingerprint density at radius 1 is 1.29 bits per heavy atom. The highest BCUT2D eigenvalue weighted by Gasteiger charge is 2.61. The molecule has 0 aromatic heterocycles. The van der Waals surface area contributed by atoms with Crippen molar-refractivity contribution < 1.29 is 31.5 Å². The lowest BCUT2D eigenvalue weighted by atomic mass is 10.1. The Morgan fingerprint density at radius 3 is 2.00 bits per heavy atom. The quantitative estimate of drug-likeness (QED) is 0.531. The van der Waals surface area contributed by atoms with Crippen molar-refractivity contribution in [3.8, 4) is 0 Å². The van der Waals surface area contributed by atoms with Gasteiger partial charge in [-0.1, -0.05) is 0 Å². The lowest BCUT2D eigenvalue weighted by Gasteiger charge is -2.03. The van der Waals surface area contributed by atoms with Gasteiger partial charge in [-0.05, 0) is 0 Å². The lowest BCUT2D eigenvalue weighted by molar-refractivity contribution is -0.172. The molecule has 0 radical (unpaired) electrons. The zero-order valence-electron chi connectivity index (χ0n) is 6.70. The highest BCUT2D eigenvalue weighted by molar-refractivity contribution is 6.03. The van der Waals surface area contributed by atoms with E-state index in [1.807, 2.05) is 0 Å². The Bertz CT molecular complexity index is 280. The van der Waals surface area contributed by atoms with Gasteiger partial charge < -0.3 is 0 Å². The predicted molar refractivity (Wildman–Crippen MR) is 33.7 cm³/mol. The second kappa shape index (κ2) is 2.99. The molecule has 0 amide bonds. The first-order chi connectivity index (χ1) is 6.14. The molecule has 1 aliphatic rings. The standard InChI is InChI=1S/C7H5F5O2/c8-6(9)2-3(6)4(13)1-5(14)7(10,11)12/h3H,1-2H2. The molecular weight excluding hydrogens is 211 g/mol. The summed E-state index contributed by atoms with van der Waals surface area (Å²) in [6.45, 7) is 0. The van der Waals surface area contributed by atoms with Crippen LogP contribution in [-0.2, 0) is 9.59 Å². The van der Waals surface area contributed by atoms with Gasteiger partial charge in [0.2, 0.25) is 5.78 Å². The van der Waals surface area contributed by atoms with E-state index in [1.54, 1.807) is 0 Å². The van der Waals surface area contributed by atoms with Crippen molar-refractivity contribution in [3.05, 3.63) is 0 Å². The minimum Gasteiger partial charge on any atom is -0.299 e. The average Bonchev–Trinajstić information content (AvgIpc) is 2.57. The molecule has 0 N–H and O–H groups in total. The molecule has 1 unspecified atom stereocenters. The maximum absolute atomic E-state index is 12.2. The molecule has 2 nitrogen and oxygen atoms in total. The number of alkyl halides is 5. The van der Waals surface area contributed by atoms with Crippen LogP contribution >= 0.6 is 0 Å². The number of rotatable bonds is 3. The number of ketones is 2. The summed E-state index contributed by atoms with van der Waals surface area (Å²) >= 11 is 0. The monoisotopic (exact) mass is 216 g/mol. The van der Waals surface area contributed by atoms with Gasteiger partial charge in [-0.15, -0.1) is 0 Å². The molecule has 0 heterocycles. The highest BCUT2D eigenvalue weighted by atomic mass is 19.4. The molecule has 0 saturated heterocycles. The molecule has 0 aromatic carbocycles. The third-order valence-electron chi connectivity index (χ3n) is 1.87. The van der Waals surface area contributed by atoms with E-state index in [2.05, 4.69) is 0 Å². The Hall–Kier alpha value is -1.01. The van der Waals surface area contributed by atoms with Crippen LogP contribution in [-0.4, -0.2) is 23.7 Å². The smallest absolute Gasteiger partial charge is 0.299 e. The fourth-order valence-corrected chi connectivity index (χ4v) is 0.944. The van der Waals surface area contributed by atoms with E-state index >= 15 is 0 Å². The van der Waals surface area contributed by atoms with E-state index < -0.39 is 42.4 Å². The molecule has 1 fully saturated rings. The summed E-state index contributed by atoms with van der Waals surface area (Å²) in [6.07, 6.45) is -7.36. The Balaban J connectivity index is 2.48. The summed E-state index contributed by atoms with van der Waals surface area (Å²) in [7, 11) is 0. The topological polar surface area (TPSA) is 34.1 Å². The van der Waals surface area contributed by atoms with Crippen LogP contribution < -0.4 is 0 Å². The SMILES string of the molecule is O=C(CC(=O)C(F)(F)F)C1CC1(F)F. The van der Waals surface area contributed by atoms with Crippen molar-refractivity contribution in [1.82, 2.24) is 0 Å². The minimum absolute atomic E-state index is 0.753. The van der Waals surface area contributed by atoms with Gasteiger partial charge in [0.15, 0.2) is 0 Å². The fraction of sp³-hybridized carbons (Fsp3) is 0.714. The lowest BCUT2D eigenvalue weighted by Crippen LogP contribution is -2.26. The van der Waals surface area contributed by atoms with Crippen molar-refractivity contribution in [1.29, 1.82) is 0 Å². The van der Waals surface area contributed by atoms with E-state index in [4.69, 9.17) is 0 Å². The Morgan fingerprint density at radius 2 is 1.71 bits per heavy atom. The molecule has 80 valence electrons. The third-order valence-corrected chi connectivity index (χ3v) is 1.87. The molecule has 0 aromatic rings. The Labute approximate surface area is 75.1 Å². The summed E-state index contributed by atoms with van der Waals surface area (Å²) < 4.78 is 59.2. The molecule has 1 atom stereocenters. The van der Waals surface area contributed by atoms with Crippen molar-refractivity contribution in [2.24, 2.45) is 5.92 Å². The summed E-state index contributed by atoms with van der Waals surface area (Å²) in [4.78, 5) is 20.9. The molecule has 7 heteroatoms. The number of carbonyl (C=O) groups excluding carboxylic acids is 2. The minimum atomic E-state index is -5.13. The molecule has 0 spiro atoms. The van der Waals surface area contributed by atoms with Crippen molar-refractivity contribution in [2.45, 2.75) is 24.9 Å². The maximum Gasteiger partial charge on any atom is 0.450 e. The molecule has 1 rings (SSSR count). The van der Waals surface area contributed by atoms with Gasteiger partial charge in [-0.3, -0.25) is 9.59 Å². The van der Waals surface area contributed by atoms with Gasteiger partial charge in [0.05, 0.1) is 12.3 Å². The number of hydrogen-bond donors (Lipinski definition) is 0. The van der Waals surface area contributed by atoms with E-state index in [0.717, 1.165) is 0 Å². The zero-order chi connectivity index (χ0) is 11.1. The second-order valence-corrected chi connectivity index (χ2v) is 3.08. The summed E-state index contributed by atoms with van der Waals surface area (Å²) in [6, 6.07) is 0. The maximum atomic E-state index is 12.2. The van der Waals surface area contributed by atoms with Crippen molar-refractivity contribution >= 4 is 11.6 Å². The number of carbonyl (C=O) groups is 2. The van der Waals surface area contributed by atoms with Crippen LogP contribution in [0.25, 0.3) is 0 Å². The van der Waals surface area contributed by atoms with E-state index in [0.29, 0.717) is 0 Å². The van der Waals surface area contributed by atoms with E-state index in [9.17, 15) is 31.5 Å². The van der Waals surface area contributed by atoms with E-state index in [1.165, 1.54) is 0 Å². The van der Waals surface area contributed by atoms with Gasteiger partial charge >= 0.3 is 6.18 Å². The highest BCUT2D eigenvalue weighted by Crippen LogP contribution is 2.49. The first-order valence-electron chi connectivity index (χ1n) is 3.65. The molecule has 14 heavy (non-hydrogen) atoms. The summed E-state index contributed by atoms with van der Waals surface area (Å²) in [5.74, 6) is -8.53. The van der Waals surface area contributed by atoms with Gasteiger partial charge in [0.1, 0.15) is 5.78 Å². The molecule has 0 bridgehead atoms. The Kier molecular flexibility index (Phi) is 2.37. The van der Waals surface area contributed by atoms with Crippen LogP contribution in [0.3, 0.4) is 0 Å². The van der Waals surface area contributed by atoms with Crippen LogP contribution in [0.2, 0.25) is 0 Å². The van der Waals surface area contributed by atoms with Gasteiger partial charge in [-0.2, -0.15) is 13.2 Å². The molecule has 1 aliphatic carbocycles. The summed E-state index contributed by atoms with van der Waals surface area (Å²) in [5, 5.41) is 0. The number of hydrogen-bond acceptors (Lipinski definition) is 2. The fourth-order valence-electron chi connectivity index (χ4n) is 0.944. The number of Topliss-reactive ketones (excluding diaryl/α,β-unsaturated/α-hetero) is 2. The largest absolute Gasteiger partial charge is 0.450 e. The molecular formula is C7H5F5O2.